The number of rotatable bonds is 5. The van der Waals surface area contributed by atoms with Gasteiger partial charge in [-0.15, -0.1) is 0 Å². The van der Waals surface area contributed by atoms with E-state index in [1.165, 1.54) is 0 Å². The molecule has 0 spiro atoms. The van der Waals surface area contributed by atoms with E-state index in [2.05, 4.69) is 0 Å². The molecule has 2 aromatic carbocycles. The quantitative estimate of drug-likeness (QED) is 0.596. The van der Waals surface area contributed by atoms with Crippen molar-refractivity contribution in [3.63, 3.8) is 0 Å². The monoisotopic (exact) mass is 323 g/mol. The van der Waals surface area contributed by atoms with Crippen LogP contribution < -0.4 is 4.74 Å². The van der Waals surface area contributed by atoms with Gasteiger partial charge in [-0.2, -0.15) is 0 Å². The second-order valence-electron chi connectivity index (χ2n) is 4.33. The summed E-state index contributed by atoms with van der Waals surface area (Å²) in [5, 5.41) is 8.69. The molecule has 0 radical (unpaired) electrons. The largest absolute Gasteiger partial charge is 0.481 e. The summed E-state index contributed by atoms with van der Waals surface area (Å²) in [6.45, 7) is 2.33. The molecule has 5 heteroatoms. The summed E-state index contributed by atoms with van der Waals surface area (Å²) in [7, 11) is 0. The van der Waals surface area contributed by atoms with Gasteiger partial charge in [-0.3, -0.25) is 5.41 Å². The molecule has 21 heavy (non-hydrogen) atoms. The summed E-state index contributed by atoms with van der Waals surface area (Å²) in [5.41, 5.74) is 0.889. The molecule has 0 saturated carbocycles. The van der Waals surface area contributed by atoms with Crippen LogP contribution in [0.4, 0.5) is 0 Å². The maximum absolute atomic E-state index is 7.69. The lowest BCUT2D eigenvalue weighted by molar-refractivity contribution is 0.317. The van der Waals surface area contributed by atoms with Crippen LogP contribution in [-0.2, 0) is 11.2 Å². The molecule has 2 aromatic rings. The van der Waals surface area contributed by atoms with E-state index in [1.807, 2.05) is 25.1 Å². The van der Waals surface area contributed by atoms with Crippen LogP contribution in [0, 0.1) is 5.41 Å². The second kappa shape index (κ2) is 7.34. The third-order valence-corrected chi connectivity index (χ3v) is 3.36. The Kier molecular flexibility index (Phi) is 5.48. The fraction of sp³-hybridized carbons (Fsp3) is 0.188. The average molecular weight is 324 g/mol. The lowest BCUT2D eigenvalue weighted by Crippen LogP contribution is -2.06. The standard InChI is InChI=1S/C16H15Cl2NO2/c1-2-20-16(19)10-11-7-8-13(18)15(9-11)21-14-6-4-3-5-12(14)17/h3-9,19H,2,10H2,1H3. The van der Waals surface area contributed by atoms with Gasteiger partial charge in [0.2, 0.25) is 0 Å². The van der Waals surface area contributed by atoms with Crippen molar-refractivity contribution >= 4 is 29.1 Å². The summed E-state index contributed by atoms with van der Waals surface area (Å²) in [6.07, 6.45) is 0.393. The molecule has 0 saturated heterocycles. The Hall–Kier alpha value is -1.71. The highest BCUT2D eigenvalue weighted by atomic mass is 35.5. The van der Waals surface area contributed by atoms with E-state index in [1.54, 1.807) is 24.3 Å². The first kappa shape index (κ1) is 15.7. The van der Waals surface area contributed by atoms with Crippen molar-refractivity contribution in [1.82, 2.24) is 0 Å². The van der Waals surface area contributed by atoms with Crippen LogP contribution in [-0.4, -0.2) is 12.5 Å². The minimum Gasteiger partial charge on any atom is -0.481 e. The molecule has 0 unspecified atom stereocenters. The van der Waals surface area contributed by atoms with Gasteiger partial charge in [0.05, 0.1) is 16.7 Å². The van der Waals surface area contributed by atoms with E-state index in [0.29, 0.717) is 34.6 Å². The van der Waals surface area contributed by atoms with Crippen molar-refractivity contribution < 1.29 is 9.47 Å². The minimum absolute atomic E-state index is 0.212. The topological polar surface area (TPSA) is 42.3 Å². The lowest BCUT2D eigenvalue weighted by atomic mass is 10.1. The number of para-hydroxylation sites is 1. The number of hydrogen-bond acceptors (Lipinski definition) is 3. The molecule has 0 aromatic heterocycles. The van der Waals surface area contributed by atoms with E-state index in [-0.39, 0.29) is 5.90 Å². The van der Waals surface area contributed by atoms with Crippen LogP contribution in [0.25, 0.3) is 0 Å². The molecule has 1 N–H and O–H groups in total. The molecule has 110 valence electrons. The van der Waals surface area contributed by atoms with Crippen molar-refractivity contribution in [2.45, 2.75) is 13.3 Å². The summed E-state index contributed by atoms with van der Waals surface area (Å²) < 4.78 is 10.9. The molecule has 0 fully saturated rings. The van der Waals surface area contributed by atoms with Crippen molar-refractivity contribution in [3.8, 4) is 11.5 Å². The Morgan fingerprint density at radius 1 is 1.05 bits per heavy atom. The first-order valence-corrected chi connectivity index (χ1v) is 7.26. The Bertz CT molecular complexity index is 644. The highest BCUT2D eigenvalue weighted by Crippen LogP contribution is 2.34. The van der Waals surface area contributed by atoms with Crippen LogP contribution in [0.1, 0.15) is 12.5 Å². The maximum atomic E-state index is 7.69. The summed E-state index contributed by atoms with van der Waals surface area (Å²) in [4.78, 5) is 0. The molecular formula is C16H15Cl2NO2. The molecule has 0 heterocycles. The predicted octanol–water partition coefficient (Wildman–Crippen LogP) is 5.34. The van der Waals surface area contributed by atoms with E-state index < -0.39 is 0 Å². The Morgan fingerprint density at radius 3 is 2.48 bits per heavy atom. The zero-order chi connectivity index (χ0) is 15.2. The highest BCUT2D eigenvalue weighted by Gasteiger charge is 2.09. The van der Waals surface area contributed by atoms with E-state index in [0.717, 1.165) is 5.56 Å². The number of hydrogen-bond donors (Lipinski definition) is 1. The fourth-order valence-electron chi connectivity index (χ4n) is 1.79. The minimum atomic E-state index is 0.212. The molecule has 0 bridgehead atoms. The maximum Gasteiger partial charge on any atom is 0.184 e. The molecule has 0 atom stereocenters. The van der Waals surface area contributed by atoms with Gasteiger partial charge < -0.3 is 9.47 Å². The average Bonchev–Trinajstić information content (AvgIpc) is 2.45. The van der Waals surface area contributed by atoms with E-state index >= 15 is 0 Å². The van der Waals surface area contributed by atoms with Crippen LogP contribution >= 0.6 is 23.2 Å². The van der Waals surface area contributed by atoms with Gasteiger partial charge in [-0.1, -0.05) is 41.4 Å². The third kappa shape index (κ3) is 4.38. The van der Waals surface area contributed by atoms with Gasteiger partial charge in [0, 0.05) is 6.42 Å². The Labute approximate surface area is 133 Å². The molecular weight excluding hydrogens is 309 g/mol. The van der Waals surface area contributed by atoms with Crippen molar-refractivity contribution in [2.75, 3.05) is 6.61 Å². The van der Waals surface area contributed by atoms with E-state index in [4.69, 9.17) is 38.1 Å². The number of halogens is 2. The lowest BCUT2D eigenvalue weighted by Gasteiger charge is -2.11. The predicted molar refractivity (Wildman–Crippen MR) is 86.0 cm³/mol. The van der Waals surface area contributed by atoms with Gasteiger partial charge in [-0.05, 0) is 36.8 Å². The molecule has 0 aliphatic heterocycles. The van der Waals surface area contributed by atoms with Gasteiger partial charge in [-0.25, -0.2) is 0 Å². The third-order valence-electron chi connectivity index (χ3n) is 2.74. The molecule has 0 amide bonds. The van der Waals surface area contributed by atoms with Crippen molar-refractivity contribution in [3.05, 3.63) is 58.1 Å². The first-order valence-electron chi connectivity index (χ1n) is 6.51. The SMILES string of the molecule is CCOC(=N)Cc1ccc(Cl)c(Oc2ccccc2Cl)c1. The highest BCUT2D eigenvalue weighted by molar-refractivity contribution is 6.32. The number of nitrogens with one attached hydrogen (secondary N) is 1. The van der Waals surface area contributed by atoms with E-state index in [9.17, 15) is 0 Å². The van der Waals surface area contributed by atoms with Crippen molar-refractivity contribution in [2.24, 2.45) is 0 Å². The normalized spacial score (nSPS) is 10.2. The fourth-order valence-corrected chi connectivity index (χ4v) is 2.12. The zero-order valence-electron chi connectivity index (χ0n) is 11.5. The zero-order valence-corrected chi connectivity index (χ0v) is 13.0. The molecule has 2 rings (SSSR count). The molecule has 0 aliphatic carbocycles. The molecule has 0 aliphatic rings. The smallest absolute Gasteiger partial charge is 0.184 e. The van der Waals surface area contributed by atoms with Gasteiger partial charge >= 0.3 is 0 Å². The summed E-state index contributed by atoms with van der Waals surface area (Å²) >= 11 is 12.2. The van der Waals surface area contributed by atoms with Gasteiger partial charge in [0.1, 0.15) is 11.5 Å². The van der Waals surface area contributed by atoms with Crippen molar-refractivity contribution in [1.29, 1.82) is 5.41 Å². The Balaban J connectivity index is 2.19. The van der Waals surface area contributed by atoms with Gasteiger partial charge in [0.25, 0.3) is 0 Å². The second-order valence-corrected chi connectivity index (χ2v) is 5.14. The Morgan fingerprint density at radius 2 is 1.76 bits per heavy atom. The van der Waals surface area contributed by atoms with Crippen LogP contribution in [0.3, 0.4) is 0 Å². The molecule has 3 nitrogen and oxygen atoms in total. The first-order chi connectivity index (χ1) is 10.1. The summed E-state index contributed by atoms with van der Waals surface area (Å²) in [6, 6.07) is 12.6. The van der Waals surface area contributed by atoms with Crippen LogP contribution in [0.5, 0.6) is 11.5 Å². The van der Waals surface area contributed by atoms with Gasteiger partial charge in [0.15, 0.2) is 5.90 Å². The number of ether oxygens (including phenoxy) is 2. The van der Waals surface area contributed by atoms with Crippen LogP contribution in [0.15, 0.2) is 42.5 Å². The summed E-state index contributed by atoms with van der Waals surface area (Å²) in [5.74, 6) is 1.26. The van der Waals surface area contributed by atoms with Crippen LogP contribution in [0.2, 0.25) is 10.0 Å². The number of benzene rings is 2.